The van der Waals surface area contributed by atoms with Gasteiger partial charge in [0.2, 0.25) is 0 Å². The SMILES string of the molecule is COc1cccc(CCNCNN)c1. The van der Waals surface area contributed by atoms with Gasteiger partial charge in [-0.1, -0.05) is 12.1 Å². The van der Waals surface area contributed by atoms with Crippen molar-refractivity contribution >= 4 is 0 Å². The van der Waals surface area contributed by atoms with E-state index >= 15 is 0 Å². The van der Waals surface area contributed by atoms with Gasteiger partial charge in [0.25, 0.3) is 0 Å². The first-order valence-electron chi connectivity index (χ1n) is 4.64. The molecule has 0 aliphatic heterocycles. The number of nitrogens with one attached hydrogen (secondary N) is 2. The molecule has 0 heterocycles. The van der Waals surface area contributed by atoms with Crippen LogP contribution in [0.2, 0.25) is 0 Å². The number of hydrogen-bond acceptors (Lipinski definition) is 4. The summed E-state index contributed by atoms with van der Waals surface area (Å²) in [7, 11) is 1.68. The third-order valence-electron chi connectivity index (χ3n) is 1.95. The molecule has 0 fully saturated rings. The van der Waals surface area contributed by atoms with E-state index in [0.717, 1.165) is 18.7 Å². The van der Waals surface area contributed by atoms with Crippen molar-refractivity contribution in [2.45, 2.75) is 6.42 Å². The van der Waals surface area contributed by atoms with Crippen molar-refractivity contribution in [2.24, 2.45) is 5.84 Å². The first kappa shape index (κ1) is 11.0. The van der Waals surface area contributed by atoms with Crippen LogP contribution in [0.5, 0.6) is 5.75 Å². The highest BCUT2D eigenvalue weighted by molar-refractivity contribution is 5.28. The molecular weight excluding hydrogens is 178 g/mol. The van der Waals surface area contributed by atoms with E-state index in [1.54, 1.807) is 7.11 Å². The van der Waals surface area contributed by atoms with Crippen LogP contribution >= 0.6 is 0 Å². The fourth-order valence-electron chi connectivity index (χ4n) is 1.22. The minimum absolute atomic E-state index is 0.629. The molecule has 0 radical (unpaired) electrons. The zero-order chi connectivity index (χ0) is 10.2. The van der Waals surface area contributed by atoms with E-state index < -0.39 is 0 Å². The summed E-state index contributed by atoms with van der Waals surface area (Å²) >= 11 is 0. The summed E-state index contributed by atoms with van der Waals surface area (Å²) in [5.74, 6) is 6.02. The molecule has 0 aromatic heterocycles. The minimum Gasteiger partial charge on any atom is -0.497 e. The minimum atomic E-state index is 0.629. The zero-order valence-corrected chi connectivity index (χ0v) is 8.42. The first-order chi connectivity index (χ1) is 6.86. The van der Waals surface area contributed by atoms with Crippen LogP contribution in [-0.4, -0.2) is 20.3 Å². The lowest BCUT2D eigenvalue weighted by molar-refractivity contribution is 0.414. The molecule has 1 aromatic carbocycles. The molecule has 14 heavy (non-hydrogen) atoms. The first-order valence-corrected chi connectivity index (χ1v) is 4.64. The second-order valence-corrected chi connectivity index (χ2v) is 2.98. The molecule has 78 valence electrons. The Morgan fingerprint density at radius 2 is 2.29 bits per heavy atom. The third-order valence-corrected chi connectivity index (χ3v) is 1.95. The molecule has 0 aliphatic carbocycles. The average Bonchev–Trinajstić information content (AvgIpc) is 2.25. The van der Waals surface area contributed by atoms with Crippen molar-refractivity contribution in [3.8, 4) is 5.75 Å². The maximum atomic E-state index is 5.13. The van der Waals surface area contributed by atoms with E-state index in [2.05, 4.69) is 16.8 Å². The maximum Gasteiger partial charge on any atom is 0.119 e. The topological polar surface area (TPSA) is 59.3 Å². The van der Waals surface area contributed by atoms with Gasteiger partial charge in [-0.3, -0.25) is 5.84 Å². The quantitative estimate of drug-likeness (QED) is 0.263. The Morgan fingerprint density at radius 3 is 3.00 bits per heavy atom. The highest BCUT2D eigenvalue weighted by atomic mass is 16.5. The fourth-order valence-corrected chi connectivity index (χ4v) is 1.22. The smallest absolute Gasteiger partial charge is 0.119 e. The molecule has 0 amide bonds. The fraction of sp³-hybridized carbons (Fsp3) is 0.400. The number of methoxy groups -OCH3 is 1. The highest BCUT2D eigenvalue weighted by Crippen LogP contribution is 2.12. The normalized spacial score (nSPS) is 10.1. The number of nitrogens with two attached hydrogens (primary N) is 1. The van der Waals surface area contributed by atoms with Gasteiger partial charge in [-0.05, 0) is 24.1 Å². The Hall–Kier alpha value is -1.10. The molecule has 0 spiro atoms. The molecule has 0 saturated carbocycles. The van der Waals surface area contributed by atoms with E-state index in [1.165, 1.54) is 5.56 Å². The Morgan fingerprint density at radius 1 is 1.43 bits per heavy atom. The lowest BCUT2D eigenvalue weighted by atomic mass is 10.1. The number of rotatable bonds is 6. The van der Waals surface area contributed by atoms with Crippen LogP contribution in [0.3, 0.4) is 0 Å². The van der Waals surface area contributed by atoms with E-state index in [-0.39, 0.29) is 0 Å². The van der Waals surface area contributed by atoms with Crippen molar-refractivity contribution in [3.63, 3.8) is 0 Å². The Labute approximate surface area is 84.4 Å². The zero-order valence-electron chi connectivity index (χ0n) is 8.42. The van der Waals surface area contributed by atoms with Crippen LogP contribution in [0, 0.1) is 0 Å². The van der Waals surface area contributed by atoms with Gasteiger partial charge in [0.1, 0.15) is 5.75 Å². The second-order valence-electron chi connectivity index (χ2n) is 2.98. The van der Waals surface area contributed by atoms with Gasteiger partial charge in [-0.15, -0.1) is 0 Å². The van der Waals surface area contributed by atoms with Gasteiger partial charge in [-0.25, -0.2) is 5.43 Å². The van der Waals surface area contributed by atoms with E-state index in [9.17, 15) is 0 Å². The molecule has 0 bridgehead atoms. The molecule has 0 aliphatic rings. The number of benzene rings is 1. The van der Waals surface area contributed by atoms with Crippen molar-refractivity contribution < 1.29 is 4.74 Å². The predicted octanol–water partition coefficient (Wildman–Crippen LogP) is 0.248. The van der Waals surface area contributed by atoms with Crippen LogP contribution in [0.4, 0.5) is 0 Å². The van der Waals surface area contributed by atoms with Gasteiger partial charge in [0.05, 0.1) is 13.8 Å². The lowest BCUT2D eigenvalue weighted by Gasteiger charge is -2.05. The van der Waals surface area contributed by atoms with E-state index in [4.69, 9.17) is 10.6 Å². The van der Waals surface area contributed by atoms with Crippen LogP contribution in [0.15, 0.2) is 24.3 Å². The van der Waals surface area contributed by atoms with Crippen LogP contribution in [0.1, 0.15) is 5.56 Å². The monoisotopic (exact) mass is 195 g/mol. The average molecular weight is 195 g/mol. The summed E-state index contributed by atoms with van der Waals surface area (Å²) in [4.78, 5) is 0. The van der Waals surface area contributed by atoms with Gasteiger partial charge in [-0.2, -0.15) is 0 Å². The third kappa shape index (κ3) is 3.74. The summed E-state index contributed by atoms with van der Waals surface area (Å²) in [5, 5.41) is 3.14. The van der Waals surface area contributed by atoms with Crippen LogP contribution in [-0.2, 0) is 6.42 Å². The second kappa shape index (κ2) is 6.37. The van der Waals surface area contributed by atoms with Gasteiger partial charge < -0.3 is 10.1 Å². The molecule has 1 aromatic rings. The summed E-state index contributed by atoms with van der Waals surface area (Å²) in [6.07, 6.45) is 0.971. The molecule has 0 unspecified atom stereocenters. The van der Waals surface area contributed by atoms with Gasteiger partial charge >= 0.3 is 0 Å². The Kier molecular flexibility index (Phi) is 4.99. The van der Waals surface area contributed by atoms with Crippen molar-refractivity contribution in [3.05, 3.63) is 29.8 Å². The van der Waals surface area contributed by atoms with Crippen molar-refractivity contribution in [2.75, 3.05) is 20.3 Å². The number of ether oxygens (including phenoxy) is 1. The van der Waals surface area contributed by atoms with Crippen molar-refractivity contribution in [1.82, 2.24) is 10.7 Å². The maximum absolute atomic E-state index is 5.13. The van der Waals surface area contributed by atoms with E-state index in [1.807, 2.05) is 18.2 Å². The summed E-state index contributed by atoms with van der Waals surface area (Å²) in [6, 6.07) is 8.06. The summed E-state index contributed by atoms with van der Waals surface area (Å²) in [6.45, 7) is 1.53. The number of hydrazine groups is 1. The predicted molar refractivity (Wildman–Crippen MR) is 56.9 cm³/mol. The van der Waals surface area contributed by atoms with Crippen LogP contribution in [0.25, 0.3) is 0 Å². The van der Waals surface area contributed by atoms with Gasteiger partial charge in [0, 0.05) is 6.54 Å². The standard InChI is InChI=1S/C10H17N3O/c1-14-10-4-2-3-9(7-10)5-6-12-8-13-11/h2-4,7,12-13H,5-6,8,11H2,1H3. The van der Waals surface area contributed by atoms with Crippen LogP contribution < -0.4 is 21.3 Å². The molecule has 4 heteroatoms. The highest BCUT2D eigenvalue weighted by Gasteiger charge is 1.94. The molecule has 1 rings (SSSR count). The lowest BCUT2D eigenvalue weighted by Crippen LogP contribution is -2.34. The molecule has 4 N–H and O–H groups in total. The molecular formula is C10H17N3O. The van der Waals surface area contributed by atoms with Crippen molar-refractivity contribution in [1.29, 1.82) is 0 Å². The Bertz CT molecular complexity index is 265. The van der Waals surface area contributed by atoms with Gasteiger partial charge in [0.15, 0.2) is 0 Å². The molecule has 4 nitrogen and oxygen atoms in total. The summed E-state index contributed by atoms with van der Waals surface area (Å²) in [5.41, 5.74) is 3.80. The van der Waals surface area contributed by atoms with E-state index in [0.29, 0.717) is 6.67 Å². The largest absolute Gasteiger partial charge is 0.497 e. The number of hydrogen-bond donors (Lipinski definition) is 3. The molecule has 0 atom stereocenters. The summed E-state index contributed by atoms with van der Waals surface area (Å²) < 4.78 is 5.13. The Balaban J connectivity index is 2.34. The molecule has 0 saturated heterocycles.